The average molecular weight is 414 g/mol. The molecule has 2 aromatic carbocycles. The molecule has 2 aromatic rings. The van der Waals surface area contributed by atoms with Crippen LogP contribution in [0.5, 0.6) is 11.5 Å². The molecule has 0 aliphatic rings. The molecular formula is C16H14Br2O3. The number of ether oxygens (including phenoxy) is 2. The Morgan fingerprint density at radius 2 is 1.62 bits per heavy atom. The van der Waals surface area contributed by atoms with Gasteiger partial charge in [0.1, 0.15) is 17.1 Å². The molecule has 3 nitrogen and oxygen atoms in total. The third kappa shape index (κ3) is 4.58. The summed E-state index contributed by atoms with van der Waals surface area (Å²) in [5.41, 5.74) is 0.390. The van der Waals surface area contributed by atoms with Crippen LogP contribution in [-0.2, 0) is 0 Å². The normalized spacial score (nSPS) is 10.5. The van der Waals surface area contributed by atoms with Gasteiger partial charge >= 0.3 is 5.97 Å². The fraction of sp³-hybridized carbons (Fsp3) is 0.188. The molecule has 0 aliphatic heterocycles. The number of benzene rings is 2. The highest BCUT2D eigenvalue weighted by atomic mass is 79.9. The predicted octanol–water partition coefficient (Wildman–Crippen LogP) is 5.22. The van der Waals surface area contributed by atoms with Crippen LogP contribution < -0.4 is 9.47 Å². The quantitative estimate of drug-likeness (QED) is 0.509. The van der Waals surface area contributed by atoms with Crippen molar-refractivity contribution in [3.8, 4) is 11.5 Å². The Balaban J connectivity index is 2.25. The van der Waals surface area contributed by atoms with Gasteiger partial charge in [0.15, 0.2) is 0 Å². The third-order valence-corrected chi connectivity index (χ3v) is 3.57. The number of hydrogen-bond acceptors (Lipinski definition) is 3. The maximum absolute atomic E-state index is 12.3. The number of rotatable bonds is 4. The van der Waals surface area contributed by atoms with E-state index in [2.05, 4.69) is 31.9 Å². The summed E-state index contributed by atoms with van der Waals surface area (Å²) in [6.45, 7) is 3.82. The van der Waals surface area contributed by atoms with Gasteiger partial charge in [-0.25, -0.2) is 4.79 Å². The van der Waals surface area contributed by atoms with E-state index in [-0.39, 0.29) is 6.10 Å². The molecule has 0 spiro atoms. The highest BCUT2D eigenvalue weighted by Crippen LogP contribution is 2.26. The zero-order valence-corrected chi connectivity index (χ0v) is 14.8. The zero-order chi connectivity index (χ0) is 15.4. The monoisotopic (exact) mass is 412 g/mol. The molecule has 0 atom stereocenters. The predicted molar refractivity (Wildman–Crippen MR) is 89.0 cm³/mol. The summed E-state index contributed by atoms with van der Waals surface area (Å²) in [5, 5.41) is 0. The molecule has 21 heavy (non-hydrogen) atoms. The smallest absolute Gasteiger partial charge is 0.347 e. The average Bonchev–Trinajstić information content (AvgIpc) is 2.43. The van der Waals surface area contributed by atoms with E-state index in [1.54, 1.807) is 24.3 Å². The minimum atomic E-state index is -0.450. The molecule has 5 heteroatoms. The first-order valence-electron chi connectivity index (χ1n) is 6.39. The summed E-state index contributed by atoms with van der Waals surface area (Å²) in [5.74, 6) is 0.545. The van der Waals surface area contributed by atoms with Crippen LogP contribution in [0.3, 0.4) is 0 Å². The fourth-order valence-electron chi connectivity index (χ4n) is 1.68. The zero-order valence-electron chi connectivity index (χ0n) is 11.6. The Morgan fingerprint density at radius 3 is 2.24 bits per heavy atom. The van der Waals surface area contributed by atoms with Crippen LogP contribution in [0.4, 0.5) is 0 Å². The van der Waals surface area contributed by atoms with E-state index < -0.39 is 5.97 Å². The molecule has 0 unspecified atom stereocenters. The standard InChI is InChI=1S/C16H14Br2O3/c1-10(2)20-15-8-5-12(18)9-14(15)16(19)21-13-6-3-11(17)4-7-13/h3-10H,1-2H3. The maximum atomic E-state index is 12.3. The van der Waals surface area contributed by atoms with Gasteiger partial charge in [0, 0.05) is 8.95 Å². The summed E-state index contributed by atoms with van der Waals surface area (Å²) in [6, 6.07) is 12.4. The van der Waals surface area contributed by atoms with Gasteiger partial charge in [-0.2, -0.15) is 0 Å². The van der Waals surface area contributed by atoms with E-state index in [1.807, 2.05) is 32.0 Å². The Morgan fingerprint density at radius 1 is 1.00 bits per heavy atom. The largest absolute Gasteiger partial charge is 0.490 e. The van der Waals surface area contributed by atoms with Crippen LogP contribution in [0, 0.1) is 0 Å². The van der Waals surface area contributed by atoms with Crippen LogP contribution in [0.25, 0.3) is 0 Å². The molecule has 0 bridgehead atoms. The van der Waals surface area contributed by atoms with E-state index >= 15 is 0 Å². The lowest BCUT2D eigenvalue weighted by molar-refractivity contribution is 0.0728. The van der Waals surface area contributed by atoms with Crippen molar-refractivity contribution >= 4 is 37.8 Å². The van der Waals surface area contributed by atoms with Crippen molar-refractivity contribution in [2.75, 3.05) is 0 Å². The molecule has 0 aromatic heterocycles. The van der Waals surface area contributed by atoms with Gasteiger partial charge in [-0.3, -0.25) is 0 Å². The maximum Gasteiger partial charge on any atom is 0.347 e. The molecule has 0 saturated heterocycles. The molecule has 0 fully saturated rings. The van der Waals surface area contributed by atoms with Gasteiger partial charge in [-0.1, -0.05) is 31.9 Å². The van der Waals surface area contributed by atoms with Gasteiger partial charge in [0.2, 0.25) is 0 Å². The molecule has 110 valence electrons. The molecule has 0 N–H and O–H groups in total. The summed E-state index contributed by atoms with van der Waals surface area (Å²) in [7, 11) is 0. The Labute approximate surface area is 140 Å². The van der Waals surface area contributed by atoms with E-state index in [1.165, 1.54) is 0 Å². The fourth-order valence-corrected chi connectivity index (χ4v) is 2.31. The van der Waals surface area contributed by atoms with E-state index in [4.69, 9.17) is 9.47 Å². The molecular weight excluding hydrogens is 400 g/mol. The first-order valence-corrected chi connectivity index (χ1v) is 7.98. The van der Waals surface area contributed by atoms with E-state index in [9.17, 15) is 4.79 Å². The first kappa shape index (κ1) is 16.0. The van der Waals surface area contributed by atoms with Gasteiger partial charge in [0.25, 0.3) is 0 Å². The summed E-state index contributed by atoms with van der Waals surface area (Å²) in [6.07, 6.45) is -0.0228. The number of carbonyl (C=O) groups is 1. The molecule has 0 radical (unpaired) electrons. The van der Waals surface area contributed by atoms with Crippen molar-refractivity contribution in [3.63, 3.8) is 0 Å². The highest BCUT2D eigenvalue weighted by molar-refractivity contribution is 9.10. The van der Waals surface area contributed by atoms with Crippen molar-refractivity contribution in [2.24, 2.45) is 0 Å². The van der Waals surface area contributed by atoms with Crippen molar-refractivity contribution < 1.29 is 14.3 Å². The number of carbonyl (C=O) groups excluding carboxylic acids is 1. The van der Waals surface area contributed by atoms with E-state index in [0.29, 0.717) is 17.1 Å². The molecule has 0 aliphatic carbocycles. The molecule has 2 rings (SSSR count). The third-order valence-electron chi connectivity index (χ3n) is 2.55. The van der Waals surface area contributed by atoms with Gasteiger partial charge in [0.05, 0.1) is 6.10 Å². The van der Waals surface area contributed by atoms with E-state index in [0.717, 1.165) is 8.95 Å². The van der Waals surface area contributed by atoms with Gasteiger partial charge in [-0.15, -0.1) is 0 Å². The highest BCUT2D eigenvalue weighted by Gasteiger charge is 2.16. The number of esters is 1. The van der Waals surface area contributed by atoms with Crippen LogP contribution >= 0.6 is 31.9 Å². The van der Waals surface area contributed by atoms with Gasteiger partial charge in [-0.05, 0) is 56.3 Å². The lowest BCUT2D eigenvalue weighted by atomic mass is 10.2. The minimum Gasteiger partial charge on any atom is -0.490 e. The van der Waals surface area contributed by atoms with Gasteiger partial charge < -0.3 is 9.47 Å². The van der Waals surface area contributed by atoms with Crippen molar-refractivity contribution in [1.29, 1.82) is 0 Å². The van der Waals surface area contributed by atoms with Crippen LogP contribution in [0.2, 0.25) is 0 Å². The Bertz CT molecular complexity index is 636. The second kappa shape index (κ2) is 7.09. The topological polar surface area (TPSA) is 35.5 Å². The number of hydrogen-bond donors (Lipinski definition) is 0. The van der Waals surface area contributed by atoms with Crippen molar-refractivity contribution in [1.82, 2.24) is 0 Å². The number of halogens is 2. The second-order valence-electron chi connectivity index (χ2n) is 4.65. The minimum absolute atomic E-state index is 0.0228. The van der Waals surface area contributed by atoms with Crippen LogP contribution in [-0.4, -0.2) is 12.1 Å². The Hall–Kier alpha value is -1.33. The molecule has 0 amide bonds. The van der Waals surface area contributed by atoms with Crippen LogP contribution in [0.1, 0.15) is 24.2 Å². The summed E-state index contributed by atoms with van der Waals surface area (Å²) >= 11 is 6.69. The van der Waals surface area contributed by atoms with Crippen LogP contribution in [0.15, 0.2) is 51.4 Å². The second-order valence-corrected chi connectivity index (χ2v) is 6.48. The SMILES string of the molecule is CC(C)Oc1ccc(Br)cc1C(=O)Oc1ccc(Br)cc1. The summed E-state index contributed by atoms with van der Waals surface area (Å²) in [4.78, 5) is 12.3. The van der Waals surface area contributed by atoms with Crippen molar-refractivity contribution in [2.45, 2.75) is 20.0 Å². The summed E-state index contributed by atoms with van der Waals surface area (Å²) < 4.78 is 12.7. The first-order chi connectivity index (χ1) is 9.95. The lowest BCUT2D eigenvalue weighted by Gasteiger charge is -2.14. The lowest BCUT2D eigenvalue weighted by Crippen LogP contribution is -2.13. The van der Waals surface area contributed by atoms with Crippen molar-refractivity contribution in [3.05, 3.63) is 57.0 Å². The Kier molecular flexibility index (Phi) is 5.42. The molecule has 0 saturated carbocycles. The molecule has 0 heterocycles.